The topological polar surface area (TPSA) is 114 Å². The fourth-order valence-corrected chi connectivity index (χ4v) is 4.68. The van der Waals surface area contributed by atoms with Crippen molar-refractivity contribution in [1.29, 1.82) is 0 Å². The number of halogens is 6. The van der Waals surface area contributed by atoms with Crippen LogP contribution in [0.15, 0.2) is 30.6 Å². The predicted octanol–water partition coefficient (Wildman–Crippen LogP) is 1.45. The molecule has 1 heterocycles. The van der Waals surface area contributed by atoms with E-state index in [4.69, 9.17) is 13.3 Å². The van der Waals surface area contributed by atoms with Gasteiger partial charge in [-0.25, -0.2) is 21.4 Å². The van der Waals surface area contributed by atoms with Crippen LogP contribution >= 0.6 is 0 Å². The van der Waals surface area contributed by atoms with E-state index in [-0.39, 0.29) is 0 Å². The highest BCUT2D eigenvalue weighted by Crippen LogP contribution is 2.36. The SMILES string of the molecule is CO[Si](C[n+]1ccccc1)(OC)OC.O=S(=O)([N-]S(=O)(=O)C(F)(F)F)C(F)(F)F. The minimum Gasteiger partial charge on any atom is -0.421 e. The summed E-state index contributed by atoms with van der Waals surface area (Å²) in [6.07, 6.45) is 4.54. The lowest BCUT2D eigenvalue weighted by atomic mass is 10.5. The van der Waals surface area contributed by atoms with Gasteiger partial charge in [0.1, 0.15) is 0 Å². The van der Waals surface area contributed by atoms with Gasteiger partial charge in [0.2, 0.25) is 6.17 Å². The van der Waals surface area contributed by atoms with Crippen LogP contribution in [0.5, 0.6) is 0 Å². The van der Waals surface area contributed by atoms with E-state index in [1.165, 1.54) is 0 Å². The monoisotopic (exact) mass is 494 g/mol. The van der Waals surface area contributed by atoms with Gasteiger partial charge in [0.25, 0.3) is 0 Å². The molecule has 1 aromatic heterocycles. The zero-order chi connectivity index (χ0) is 23.1. The maximum atomic E-state index is 11.4. The Morgan fingerprint density at radius 3 is 1.41 bits per heavy atom. The zero-order valence-electron chi connectivity index (χ0n) is 14.9. The van der Waals surface area contributed by atoms with Gasteiger partial charge < -0.3 is 17.4 Å². The molecule has 0 aliphatic rings. The van der Waals surface area contributed by atoms with Gasteiger partial charge in [0.05, 0.1) is 0 Å². The average Bonchev–Trinajstić information content (AvgIpc) is 2.58. The van der Waals surface area contributed by atoms with E-state index in [1.807, 2.05) is 35.2 Å². The maximum absolute atomic E-state index is 11.4. The first kappa shape index (κ1) is 27.7. The lowest BCUT2D eigenvalue weighted by molar-refractivity contribution is -0.685. The van der Waals surface area contributed by atoms with E-state index in [0.717, 1.165) is 4.13 Å². The van der Waals surface area contributed by atoms with Crippen molar-refractivity contribution in [2.24, 2.45) is 0 Å². The fraction of sp³-hybridized carbons (Fsp3) is 0.545. The number of alkyl halides is 6. The number of pyridine rings is 1. The Labute approximate surface area is 163 Å². The summed E-state index contributed by atoms with van der Waals surface area (Å²) in [7, 11) is -11.1. The Morgan fingerprint density at radius 2 is 1.14 bits per heavy atom. The molecule has 0 saturated heterocycles. The van der Waals surface area contributed by atoms with E-state index in [2.05, 4.69) is 0 Å². The van der Waals surface area contributed by atoms with Crippen molar-refractivity contribution in [1.82, 2.24) is 0 Å². The van der Waals surface area contributed by atoms with E-state index in [9.17, 15) is 43.2 Å². The van der Waals surface area contributed by atoms with Gasteiger partial charge in [-0.3, -0.25) is 0 Å². The molecule has 0 N–H and O–H groups in total. The Hall–Kier alpha value is -1.31. The molecule has 0 aromatic carbocycles. The average molecular weight is 494 g/mol. The number of nitrogens with zero attached hydrogens (tertiary/aromatic N) is 2. The lowest BCUT2D eigenvalue weighted by Crippen LogP contribution is -2.56. The Bertz CT molecular complexity index is 792. The first-order valence-electron chi connectivity index (χ1n) is 6.93. The normalized spacial score (nSPS) is 13.6. The molecule has 1 aromatic rings. The highest BCUT2D eigenvalue weighted by atomic mass is 32.3. The molecule has 9 nitrogen and oxygen atoms in total. The standard InChI is InChI=1S/C9H16NO3Si.C2F6NO4S2/c1-11-14(12-2,13-3)9-10-7-5-4-6-8-10;3-1(4,5)14(10,11)9-15(12,13)2(6,7)8/h4-8H,9H2,1-3H3;/q+1;-1. The van der Waals surface area contributed by atoms with Crippen molar-refractivity contribution >= 4 is 28.9 Å². The summed E-state index contributed by atoms with van der Waals surface area (Å²) in [4.78, 5) is 0. The number of hydrogen-bond acceptors (Lipinski definition) is 7. The molecule has 0 saturated carbocycles. The molecule has 0 atom stereocenters. The second kappa shape index (κ2) is 10.1. The van der Waals surface area contributed by atoms with Crippen LogP contribution in [-0.4, -0.2) is 58.0 Å². The zero-order valence-corrected chi connectivity index (χ0v) is 17.6. The van der Waals surface area contributed by atoms with Crippen LogP contribution in [-0.2, 0) is 39.5 Å². The van der Waals surface area contributed by atoms with Crippen molar-refractivity contribution in [3.05, 3.63) is 34.7 Å². The number of hydrogen-bond donors (Lipinski definition) is 0. The molecule has 18 heteroatoms. The summed E-state index contributed by atoms with van der Waals surface area (Å²) in [5.74, 6) is 0. The molecule has 0 bridgehead atoms. The van der Waals surface area contributed by atoms with E-state index < -0.39 is 39.9 Å². The molecule has 0 aliphatic heterocycles. The summed E-state index contributed by atoms with van der Waals surface area (Å²) in [5, 5.41) is 0. The van der Waals surface area contributed by atoms with Gasteiger partial charge in [-0.2, -0.15) is 26.3 Å². The van der Waals surface area contributed by atoms with E-state index >= 15 is 0 Å². The minimum absolute atomic E-state index is 0.622. The highest BCUT2D eigenvalue weighted by molar-refractivity contribution is 8.13. The van der Waals surface area contributed by atoms with Crippen LogP contribution in [0, 0.1) is 0 Å². The Balaban J connectivity index is 0.000000541. The number of rotatable bonds is 7. The van der Waals surface area contributed by atoms with Gasteiger partial charge in [-0.05, 0) is 0 Å². The third-order valence-corrected chi connectivity index (χ3v) is 8.23. The largest absolute Gasteiger partial charge is 0.569 e. The summed E-state index contributed by atoms with van der Waals surface area (Å²) in [5.41, 5.74) is -12.4. The molecular weight excluding hydrogens is 478 g/mol. The third kappa shape index (κ3) is 8.14. The summed E-state index contributed by atoms with van der Waals surface area (Å²) >= 11 is 0. The van der Waals surface area contributed by atoms with Crippen molar-refractivity contribution in [3.8, 4) is 0 Å². The number of aromatic nitrogens is 1. The third-order valence-electron chi connectivity index (χ3n) is 2.87. The molecule has 0 amide bonds. The van der Waals surface area contributed by atoms with Crippen molar-refractivity contribution in [2.45, 2.75) is 17.2 Å². The molecule has 0 aliphatic carbocycles. The van der Waals surface area contributed by atoms with Gasteiger partial charge in [0, 0.05) is 33.5 Å². The molecule has 0 unspecified atom stereocenters. The molecule has 0 spiro atoms. The summed E-state index contributed by atoms with van der Waals surface area (Å²) in [6, 6.07) is 5.88. The van der Waals surface area contributed by atoms with Crippen LogP contribution in [0.25, 0.3) is 4.13 Å². The van der Waals surface area contributed by atoms with Crippen LogP contribution in [0.4, 0.5) is 26.3 Å². The smallest absolute Gasteiger partial charge is 0.421 e. The summed E-state index contributed by atoms with van der Waals surface area (Å²) < 4.78 is 127. The van der Waals surface area contributed by atoms with Crippen molar-refractivity contribution in [3.63, 3.8) is 0 Å². The van der Waals surface area contributed by atoms with Crippen LogP contribution in [0.3, 0.4) is 0 Å². The molecular formula is C11H16F6N2O7S2Si. The Morgan fingerprint density at radius 1 is 0.793 bits per heavy atom. The van der Waals surface area contributed by atoms with Crippen LogP contribution < -0.4 is 4.57 Å². The highest BCUT2D eigenvalue weighted by Gasteiger charge is 2.47. The number of sulfonamides is 2. The quantitative estimate of drug-likeness (QED) is 0.320. The Kier molecular flexibility index (Phi) is 9.67. The maximum Gasteiger partial charge on any atom is 0.569 e. The summed E-state index contributed by atoms with van der Waals surface area (Å²) in [6.45, 7) is 0. The van der Waals surface area contributed by atoms with Crippen LogP contribution in [0.1, 0.15) is 0 Å². The first-order valence-corrected chi connectivity index (χ1v) is 11.7. The molecule has 0 radical (unpaired) electrons. The molecule has 170 valence electrons. The van der Waals surface area contributed by atoms with E-state index in [1.54, 1.807) is 21.3 Å². The predicted molar refractivity (Wildman–Crippen MR) is 86.7 cm³/mol. The van der Waals surface area contributed by atoms with Crippen molar-refractivity contribution in [2.75, 3.05) is 21.3 Å². The second-order valence-corrected chi connectivity index (χ2v) is 11.1. The first-order chi connectivity index (χ1) is 13.0. The molecule has 29 heavy (non-hydrogen) atoms. The second-order valence-electron chi connectivity index (χ2n) is 4.76. The van der Waals surface area contributed by atoms with Crippen LogP contribution in [0.2, 0.25) is 0 Å². The van der Waals surface area contributed by atoms with Gasteiger partial charge in [-0.15, -0.1) is 0 Å². The fourth-order valence-electron chi connectivity index (χ4n) is 1.42. The van der Waals surface area contributed by atoms with Gasteiger partial charge >= 0.3 is 19.8 Å². The van der Waals surface area contributed by atoms with E-state index in [0.29, 0.717) is 6.17 Å². The minimum atomic E-state index is -6.72. The van der Waals surface area contributed by atoms with Gasteiger partial charge in [0.15, 0.2) is 32.4 Å². The lowest BCUT2D eigenvalue weighted by Gasteiger charge is -2.22. The van der Waals surface area contributed by atoms with Gasteiger partial charge in [-0.1, -0.05) is 6.07 Å². The molecule has 1 rings (SSSR count). The van der Waals surface area contributed by atoms with Crippen molar-refractivity contribution < 1.29 is 61.0 Å². The molecule has 0 fully saturated rings.